The van der Waals surface area contributed by atoms with E-state index >= 15 is 0 Å². The highest BCUT2D eigenvalue weighted by Crippen LogP contribution is 2.17. The van der Waals surface area contributed by atoms with Crippen LogP contribution in [0.4, 0.5) is 0 Å². The van der Waals surface area contributed by atoms with Gasteiger partial charge >= 0.3 is 0 Å². The predicted molar refractivity (Wildman–Crippen MR) is 69.5 cm³/mol. The Hall–Kier alpha value is -1.19. The fraction of sp³-hybridized carbons (Fsp3) is 0.500. The Labute approximate surface area is 103 Å². The highest BCUT2D eigenvalue weighted by Gasteiger charge is 2.17. The van der Waals surface area contributed by atoms with E-state index in [1.165, 1.54) is 5.56 Å². The molecule has 3 nitrogen and oxygen atoms in total. The number of nitrogens with two attached hydrogens (primary N) is 1. The van der Waals surface area contributed by atoms with Gasteiger partial charge in [0.25, 0.3) is 0 Å². The molecule has 1 aromatic rings. The number of rotatable bonds is 5. The predicted octanol–water partition coefficient (Wildman–Crippen LogP) is 2.16. The summed E-state index contributed by atoms with van der Waals surface area (Å²) in [5.74, 6) is 0.00245. The minimum atomic E-state index is -0.476. The average Bonchev–Trinajstić information content (AvgIpc) is 2.29. The van der Waals surface area contributed by atoms with Gasteiger partial charge in [-0.15, -0.1) is 0 Å². The minimum absolute atomic E-state index is 0.00245. The second-order valence-corrected chi connectivity index (χ2v) is 4.50. The van der Waals surface area contributed by atoms with E-state index in [4.69, 9.17) is 10.5 Å². The largest absolute Gasteiger partial charge is 0.385 e. The number of ether oxygens (including phenoxy) is 1. The van der Waals surface area contributed by atoms with Crippen molar-refractivity contribution in [1.82, 2.24) is 0 Å². The lowest BCUT2D eigenvalue weighted by Gasteiger charge is -2.13. The van der Waals surface area contributed by atoms with Gasteiger partial charge in [0, 0.05) is 19.3 Å². The van der Waals surface area contributed by atoms with Gasteiger partial charge in [0.1, 0.15) is 0 Å². The summed E-state index contributed by atoms with van der Waals surface area (Å²) in [7, 11) is 1.61. The van der Waals surface area contributed by atoms with Crippen LogP contribution in [0.15, 0.2) is 12.1 Å². The molecular weight excluding hydrogens is 214 g/mol. The van der Waals surface area contributed by atoms with Crippen molar-refractivity contribution in [1.29, 1.82) is 0 Å². The van der Waals surface area contributed by atoms with Crippen molar-refractivity contribution in [3.05, 3.63) is 34.4 Å². The van der Waals surface area contributed by atoms with Gasteiger partial charge in [0.05, 0.1) is 6.04 Å². The Balaban J connectivity index is 2.92. The van der Waals surface area contributed by atoms with Gasteiger partial charge in [-0.2, -0.15) is 0 Å². The van der Waals surface area contributed by atoms with Crippen molar-refractivity contribution in [3.8, 4) is 0 Å². The summed E-state index contributed by atoms with van der Waals surface area (Å²) in [6, 6.07) is 3.49. The molecule has 0 aliphatic rings. The van der Waals surface area contributed by atoms with E-state index in [-0.39, 0.29) is 5.78 Å². The molecule has 0 radical (unpaired) electrons. The van der Waals surface area contributed by atoms with Crippen LogP contribution in [0.5, 0.6) is 0 Å². The first-order valence-electron chi connectivity index (χ1n) is 5.84. The van der Waals surface area contributed by atoms with Crippen molar-refractivity contribution in [2.24, 2.45) is 5.73 Å². The highest BCUT2D eigenvalue weighted by molar-refractivity contribution is 6.01. The Bertz CT molecular complexity index is 413. The zero-order valence-corrected chi connectivity index (χ0v) is 11.0. The first-order valence-corrected chi connectivity index (χ1v) is 5.84. The summed E-state index contributed by atoms with van der Waals surface area (Å²) < 4.78 is 4.94. The summed E-state index contributed by atoms with van der Waals surface area (Å²) in [6.45, 7) is 6.51. The number of aryl methyl sites for hydroxylation is 3. The van der Waals surface area contributed by atoms with Crippen LogP contribution in [0.3, 0.4) is 0 Å². The summed E-state index contributed by atoms with van der Waals surface area (Å²) >= 11 is 0. The lowest BCUT2D eigenvalue weighted by molar-refractivity contribution is 0.0934. The van der Waals surface area contributed by atoms with Crippen molar-refractivity contribution < 1.29 is 9.53 Å². The number of hydrogen-bond donors (Lipinski definition) is 1. The van der Waals surface area contributed by atoms with Gasteiger partial charge in [0.15, 0.2) is 5.78 Å². The van der Waals surface area contributed by atoms with Crippen LogP contribution in [0.1, 0.15) is 33.5 Å². The number of Topliss-reactive ketones (excluding diaryl/α,β-unsaturated/α-hetero) is 1. The van der Waals surface area contributed by atoms with Crippen LogP contribution in [-0.2, 0) is 4.74 Å². The third-order valence-electron chi connectivity index (χ3n) is 3.08. The molecule has 0 bridgehead atoms. The summed E-state index contributed by atoms with van der Waals surface area (Å²) in [4.78, 5) is 12.2. The van der Waals surface area contributed by atoms with E-state index in [0.717, 1.165) is 16.7 Å². The fourth-order valence-corrected chi connectivity index (χ4v) is 1.80. The van der Waals surface area contributed by atoms with Crippen LogP contribution in [0.2, 0.25) is 0 Å². The van der Waals surface area contributed by atoms with Crippen molar-refractivity contribution in [2.45, 2.75) is 33.2 Å². The molecule has 1 aromatic carbocycles. The summed E-state index contributed by atoms with van der Waals surface area (Å²) in [5.41, 5.74) is 9.91. The van der Waals surface area contributed by atoms with Gasteiger partial charge in [-0.05, 0) is 49.9 Å². The molecule has 0 fully saturated rings. The standard InChI is InChI=1S/C14H21NO2/c1-9-7-11(3)12(8-10(9)2)14(16)13(15)5-6-17-4/h7-8,13H,5-6,15H2,1-4H3. The Morgan fingerprint density at radius 3 is 2.41 bits per heavy atom. The third kappa shape index (κ3) is 3.38. The second kappa shape index (κ2) is 5.94. The molecule has 2 N–H and O–H groups in total. The number of hydrogen-bond acceptors (Lipinski definition) is 3. The van der Waals surface area contributed by atoms with E-state index in [1.807, 2.05) is 32.9 Å². The molecule has 0 saturated carbocycles. The molecule has 17 heavy (non-hydrogen) atoms. The maximum absolute atomic E-state index is 12.2. The van der Waals surface area contributed by atoms with Crippen LogP contribution in [-0.4, -0.2) is 25.5 Å². The van der Waals surface area contributed by atoms with E-state index in [9.17, 15) is 4.79 Å². The molecule has 0 saturated heterocycles. The quantitative estimate of drug-likeness (QED) is 0.796. The molecule has 0 aromatic heterocycles. The zero-order chi connectivity index (χ0) is 13.0. The molecule has 0 aliphatic heterocycles. The van der Waals surface area contributed by atoms with Crippen molar-refractivity contribution in [3.63, 3.8) is 0 Å². The van der Waals surface area contributed by atoms with Crippen LogP contribution < -0.4 is 5.73 Å². The van der Waals surface area contributed by atoms with Crippen LogP contribution in [0, 0.1) is 20.8 Å². The lowest BCUT2D eigenvalue weighted by Crippen LogP contribution is -2.32. The number of ketones is 1. The van der Waals surface area contributed by atoms with Gasteiger partial charge in [-0.25, -0.2) is 0 Å². The Morgan fingerprint density at radius 1 is 1.24 bits per heavy atom. The Morgan fingerprint density at radius 2 is 1.82 bits per heavy atom. The number of benzene rings is 1. The molecule has 0 spiro atoms. The topological polar surface area (TPSA) is 52.3 Å². The molecule has 3 heteroatoms. The average molecular weight is 235 g/mol. The van der Waals surface area contributed by atoms with E-state index in [2.05, 4.69) is 0 Å². The summed E-state index contributed by atoms with van der Waals surface area (Å²) in [5, 5.41) is 0. The number of carbonyl (C=O) groups is 1. The molecule has 0 amide bonds. The monoisotopic (exact) mass is 235 g/mol. The van der Waals surface area contributed by atoms with E-state index in [1.54, 1.807) is 7.11 Å². The van der Waals surface area contributed by atoms with Crippen LogP contribution >= 0.6 is 0 Å². The maximum Gasteiger partial charge on any atom is 0.179 e. The van der Waals surface area contributed by atoms with Gasteiger partial charge in [-0.1, -0.05) is 6.07 Å². The van der Waals surface area contributed by atoms with Gasteiger partial charge < -0.3 is 10.5 Å². The molecule has 1 atom stereocenters. The summed E-state index contributed by atoms with van der Waals surface area (Å²) in [6.07, 6.45) is 0.557. The van der Waals surface area contributed by atoms with Crippen LogP contribution in [0.25, 0.3) is 0 Å². The first kappa shape index (κ1) is 13.9. The molecule has 94 valence electrons. The normalized spacial score (nSPS) is 12.5. The van der Waals surface area contributed by atoms with Crippen molar-refractivity contribution in [2.75, 3.05) is 13.7 Å². The molecule has 0 aliphatic carbocycles. The number of methoxy groups -OCH3 is 1. The highest BCUT2D eigenvalue weighted by atomic mass is 16.5. The van der Waals surface area contributed by atoms with Gasteiger partial charge in [-0.3, -0.25) is 4.79 Å². The van der Waals surface area contributed by atoms with E-state index < -0.39 is 6.04 Å². The number of carbonyl (C=O) groups excluding carboxylic acids is 1. The zero-order valence-electron chi connectivity index (χ0n) is 11.0. The van der Waals surface area contributed by atoms with Crippen molar-refractivity contribution >= 4 is 5.78 Å². The smallest absolute Gasteiger partial charge is 0.179 e. The van der Waals surface area contributed by atoms with E-state index in [0.29, 0.717) is 13.0 Å². The second-order valence-electron chi connectivity index (χ2n) is 4.50. The minimum Gasteiger partial charge on any atom is -0.385 e. The SMILES string of the molecule is COCCC(N)C(=O)c1cc(C)c(C)cc1C. The molecule has 0 heterocycles. The third-order valence-corrected chi connectivity index (χ3v) is 3.08. The fourth-order valence-electron chi connectivity index (χ4n) is 1.80. The molecule has 1 rings (SSSR count). The molecular formula is C14H21NO2. The molecule has 1 unspecified atom stereocenters. The lowest BCUT2D eigenvalue weighted by atomic mass is 9.94. The Kier molecular flexibility index (Phi) is 4.85. The maximum atomic E-state index is 12.2. The van der Waals surface area contributed by atoms with Gasteiger partial charge in [0.2, 0.25) is 0 Å². The first-order chi connectivity index (χ1) is 7.97.